The highest BCUT2D eigenvalue weighted by Gasteiger charge is 2.27. The lowest BCUT2D eigenvalue weighted by molar-refractivity contribution is -0.158. The molecular weight excluding hydrogens is 208 g/mol. The molecule has 2 saturated heterocycles. The van der Waals surface area contributed by atoms with E-state index in [1.807, 2.05) is 0 Å². The van der Waals surface area contributed by atoms with Crippen LogP contribution in [0.15, 0.2) is 0 Å². The molecule has 0 bridgehead atoms. The molecule has 2 amide bonds. The Hall–Kier alpha value is -0.940. The predicted molar refractivity (Wildman–Crippen MR) is 57.8 cm³/mol. The second-order valence-electron chi connectivity index (χ2n) is 4.37. The van der Waals surface area contributed by atoms with Crippen molar-refractivity contribution in [1.29, 1.82) is 0 Å². The summed E-state index contributed by atoms with van der Waals surface area (Å²) in [6.07, 6.45) is 4.47. The number of amides is 2. The van der Waals surface area contributed by atoms with Crippen LogP contribution in [0.5, 0.6) is 0 Å². The minimum absolute atomic E-state index is 0.0455. The molecule has 2 rings (SSSR count). The minimum atomic E-state index is -0.202. The highest BCUT2D eigenvalue weighted by Crippen LogP contribution is 2.11. The first-order valence-electron chi connectivity index (χ1n) is 5.91. The van der Waals surface area contributed by atoms with Gasteiger partial charge in [0.1, 0.15) is 13.2 Å². The Labute approximate surface area is 95.1 Å². The average molecular weight is 226 g/mol. The first-order valence-corrected chi connectivity index (χ1v) is 5.91. The maximum atomic E-state index is 11.4. The van der Waals surface area contributed by atoms with Crippen molar-refractivity contribution in [3.8, 4) is 0 Å². The Morgan fingerprint density at radius 3 is 2.62 bits per heavy atom. The van der Waals surface area contributed by atoms with Gasteiger partial charge in [0.05, 0.1) is 0 Å². The van der Waals surface area contributed by atoms with Crippen molar-refractivity contribution in [2.24, 2.45) is 0 Å². The minimum Gasteiger partial charge on any atom is -0.362 e. The van der Waals surface area contributed by atoms with Crippen LogP contribution in [-0.4, -0.2) is 49.1 Å². The van der Waals surface area contributed by atoms with Crippen molar-refractivity contribution in [3.05, 3.63) is 0 Å². The molecule has 2 fully saturated rings. The normalized spacial score (nSPS) is 27.2. The van der Waals surface area contributed by atoms with Gasteiger partial charge in [-0.05, 0) is 25.8 Å². The van der Waals surface area contributed by atoms with Crippen molar-refractivity contribution in [3.63, 3.8) is 0 Å². The fourth-order valence-electron chi connectivity index (χ4n) is 2.23. The van der Waals surface area contributed by atoms with Gasteiger partial charge in [-0.25, -0.2) is 0 Å². The third-order valence-corrected chi connectivity index (χ3v) is 3.17. The molecule has 2 aliphatic heterocycles. The average Bonchev–Trinajstić information content (AvgIpc) is 2.30. The van der Waals surface area contributed by atoms with Gasteiger partial charge in [-0.3, -0.25) is 14.5 Å². The van der Waals surface area contributed by atoms with Gasteiger partial charge >= 0.3 is 0 Å². The molecule has 2 heterocycles. The van der Waals surface area contributed by atoms with E-state index in [1.165, 1.54) is 17.7 Å². The summed E-state index contributed by atoms with van der Waals surface area (Å²) in [5.41, 5.74) is 0. The molecule has 1 unspecified atom stereocenters. The summed E-state index contributed by atoms with van der Waals surface area (Å²) in [6, 6.07) is 0.456. The van der Waals surface area contributed by atoms with E-state index in [0.29, 0.717) is 12.6 Å². The number of hydrogen-bond donors (Lipinski definition) is 1. The summed E-state index contributed by atoms with van der Waals surface area (Å²) < 4.78 is 4.86. The second-order valence-corrected chi connectivity index (χ2v) is 4.37. The fourth-order valence-corrected chi connectivity index (χ4v) is 2.23. The SMILES string of the molecule is O=C1COCC(=O)N1CCC1CCCCN1. The first-order chi connectivity index (χ1) is 7.77. The maximum Gasteiger partial charge on any atom is 0.255 e. The Morgan fingerprint density at radius 1 is 1.25 bits per heavy atom. The van der Waals surface area contributed by atoms with Crippen LogP contribution in [0.25, 0.3) is 0 Å². The summed E-state index contributed by atoms with van der Waals surface area (Å²) in [5, 5.41) is 3.41. The van der Waals surface area contributed by atoms with Crippen molar-refractivity contribution < 1.29 is 14.3 Å². The van der Waals surface area contributed by atoms with Crippen LogP contribution in [0.2, 0.25) is 0 Å². The number of piperidine rings is 1. The number of carbonyl (C=O) groups excluding carboxylic acids is 2. The number of morpholine rings is 1. The molecule has 0 saturated carbocycles. The summed E-state index contributed by atoms with van der Waals surface area (Å²) in [4.78, 5) is 24.2. The molecule has 0 aromatic heterocycles. The van der Waals surface area contributed by atoms with Crippen LogP contribution in [-0.2, 0) is 14.3 Å². The van der Waals surface area contributed by atoms with Crippen LogP contribution in [0, 0.1) is 0 Å². The standard InChI is InChI=1S/C11H18N2O3/c14-10-7-16-8-11(15)13(10)6-4-9-3-1-2-5-12-9/h9,12H,1-8H2. The monoisotopic (exact) mass is 226 g/mol. The fraction of sp³-hybridized carbons (Fsp3) is 0.818. The number of nitrogens with zero attached hydrogens (tertiary/aromatic N) is 1. The third-order valence-electron chi connectivity index (χ3n) is 3.17. The van der Waals surface area contributed by atoms with Crippen molar-refractivity contribution >= 4 is 11.8 Å². The topological polar surface area (TPSA) is 58.6 Å². The summed E-state index contributed by atoms with van der Waals surface area (Å²) in [5.74, 6) is -0.404. The van der Waals surface area contributed by atoms with Gasteiger partial charge in [0.15, 0.2) is 0 Å². The summed E-state index contributed by atoms with van der Waals surface area (Å²) in [6.45, 7) is 1.67. The quantitative estimate of drug-likeness (QED) is 0.683. The summed E-state index contributed by atoms with van der Waals surface area (Å²) >= 11 is 0. The maximum absolute atomic E-state index is 11.4. The van der Waals surface area contributed by atoms with Gasteiger partial charge in [0.25, 0.3) is 11.8 Å². The molecule has 1 atom stereocenters. The number of nitrogens with one attached hydrogen (secondary N) is 1. The van der Waals surface area contributed by atoms with Crippen LogP contribution in [0.3, 0.4) is 0 Å². The van der Waals surface area contributed by atoms with Gasteiger partial charge in [-0.15, -0.1) is 0 Å². The van der Waals surface area contributed by atoms with E-state index >= 15 is 0 Å². The molecular formula is C11H18N2O3. The number of hydrogen-bond acceptors (Lipinski definition) is 4. The lowest BCUT2D eigenvalue weighted by Crippen LogP contribution is -2.48. The van der Waals surface area contributed by atoms with E-state index < -0.39 is 0 Å². The highest BCUT2D eigenvalue weighted by molar-refractivity contribution is 5.98. The van der Waals surface area contributed by atoms with E-state index in [2.05, 4.69) is 5.32 Å². The van der Waals surface area contributed by atoms with Gasteiger partial charge < -0.3 is 10.1 Å². The second kappa shape index (κ2) is 5.41. The lowest BCUT2D eigenvalue weighted by Gasteiger charge is -2.28. The molecule has 16 heavy (non-hydrogen) atoms. The molecule has 2 aliphatic rings. The zero-order valence-electron chi connectivity index (χ0n) is 9.41. The zero-order chi connectivity index (χ0) is 11.4. The van der Waals surface area contributed by atoms with Crippen LogP contribution < -0.4 is 5.32 Å². The molecule has 90 valence electrons. The third kappa shape index (κ3) is 2.80. The van der Waals surface area contributed by atoms with Gasteiger partial charge in [0.2, 0.25) is 0 Å². The molecule has 0 spiro atoms. The van der Waals surface area contributed by atoms with Gasteiger partial charge in [-0.1, -0.05) is 6.42 Å². The predicted octanol–water partition coefficient (Wildman–Crippen LogP) is -0.0960. The van der Waals surface area contributed by atoms with E-state index in [0.717, 1.165) is 19.4 Å². The van der Waals surface area contributed by atoms with Crippen molar-refractivity contribution in [1.82, 2.24) is 10.2 Å². The van der Waals surface area contributed by atoms with Crippen LogP contribution >= 0.6 is 0 Å². The lowest BCUT2D eigenvalue weighted by atomic mass is 10.0. The Balaban J connectivity index is 1.78. The Kier molecular flexibility index (Phi) is 3.90. The van der Waals surface area contributed by atoms with Crippen LogP contribution in [0.1, 0.15) is 25.7 Å². The van der Waals surface area contributed by atoms with Crippen LogP contribution in [0.4, 0.5) is 0 Å². The summed E-state index contributed by atoms with van der Waals surface area (Å²) in [7, 11) is 0. The van der Waals surface area contributed by atoms with Gasteiger partial charge in [0, 0.05) is 12.6 Å². The van der Waals surface area contributed by atoms with E-state index in [9.17, 15) is 9.59 Å². The van der Waals surface area contributed by atoms with Gasteiger partial charge in [-0.2, -0.15) is 0 Å². The largest absolute Gasteiger partial charge is 0.362 e. The first kappa shape index (κ1) is 11.5. The number of ether oxygens (including phenoxy) is 1. The van der Waals surface area contributed by atoms with E-state index in [1.54, 1.807) is 0 Å². The molecule has 0 aliphatic carbocycles. The van der Waals surface area contributed by atoms with Crippen molar-refractivity contribution in [2.75, 3.05) is 26.3 Å². The number of rotatable bonds is 3. The molecule has 1 N–H and O–H groups in total. The van der Waals surface area contributed by atoms with Crippen molar-refractivity contribution in [2.45, 2.75) is 31.7 Å². The Morgan fingerprint density at radius 2 is 2.00 bits per heavy atom. The van der Waals surface area contributed by atoms with E-state index in [-0.39, 0.29) is 25.0 Å². The van der Waals surface area contributed by atoms with E-state index in [4.69, 9.17) is 4.74 Å². The zero-order valence-corrected chi connectivity index (χ0v) is 9.41. The molecule has 0 radical (unpaired) electrons. The molecule has 5 nitrogen and oxygen atoms in total. The molecule has 0 aromatic carbocycles. The molecule has 0 aromatic rings. The number of imide groups is 1. The number of carbonyl (C=O) groups is 2. The molecule has 5 heteroatoms. The smallest absolute Gasteiger partial charge is 0.255 e. The highest BCUT2D eigenvalue weighted by atomic mass is 16.5. The Bertz CT molecular complexity index is 258.